The predicted molar refractivity (Wildman–Crippen MR) is 84.3 cm³/mol. The lowest BCUT2D eigenvalue weighted by molar-refractivity contribution is 0.0686. The Bertz CT molecular complexity index is 726. The van der Waals surface area contributed by atoms with Crippen LogP contribution in [0.2, 0.25) is 0 Å². The van der Waals surface area contributed by atoms with E-state index in [1.165, 1.54) is 30.3 Å². The van der Waals surface area contributed by atoms with E-state index in [-0.39, 0.29) is 22.6 Å². The minimum Gasteiger partial charge on any atom is -0.508 e. The Morgan fingerprint density at radius 1 is 0.739 bits per heavy atom. The Morgan fingerprint density at radius 2 is 1.17 bits per heavy atom. The van der Waals surface area contributed by atoms with E-state index in [2.05, 4.69) is 0 Å². The first-order chi connectivity index (χ1) is 10.6. The standard InChI is InChI=1S/C9H10O3.C8H8O3/c1-5-3-7(9(11)12)4-6(2)8(5)10;1-5-4-6(8(10)11)2-3-7(5)9/h3-4,10H,1-2H3,(H,11,12);2-4,9H,1H3,(H,10,11). The largest absolute Gasteiger partial charge is 0.508 e. The lowest BCUT2D eigenvalue weighted by atomic mass is 10.1. The average molecular weight is 318 g/mol. The number of rotatable bonds is 2. The molecule has 0 aliphatic rings. The Morgan fingerprint density at radius 3 is 1.57 bits per heavy atom. The van der Waals surface area contributed by atoms with Crippen LogP contribution in [-0.2, 0) is 0 Å². The van der Waals surface area contributed by atoms with Crippen LogP contribution in [0.15, 0.2) is 30.3 Å². The maximum atomic E-state index is 10.5. The van der Waals surface area contributed by atoms with Crippen molar-refractivity contribution in [3.05, 3.63) is 58.1 Å². The summed E-state index contributed by atoms with van der Waals surface area (Å²) >= 11 is 0. The van der Waals surface area contributed by atoms with Gasteiger partial charge in [0.2, 0.25) is 0 Å². The fourth-order valence-corrected chi connectivity index (χ4v) is 1.87. The number of carboxylic acids is 2. The molecule has 0 bridgehead atoms. The molecule has 0 aliphatic carbocycles. The monoisotopic (exact) mass is 318 g/mol. The third kappa shape index (κ3) is 4.74. The molecule has 122 valence electrons. The van der Waals surface area contributed by atoms with Crippen molar-refractivity contribution < 1.29 is 30.0 Å². The van der Waals surface area contributed by atoms with E-state index in [0.29, 0.717) is 16.7 Å². The summed E-state index contributed by atoms with van der Waals surface area (Å²) in [4.78, 5) is 20.9. The SMILES string of the molecule is Cc1cc(C(=O)O)cc(C)c1O.Cc1cc(C(=O)O)ccc1O. The molecule has 0 aromatic heterocycles. The summed E-state index contributed by atoms with van der Waals surface area (Å²) in [6.07, 6.45) is 0. The van der Waals surface area contributed by atoms with E-state index < -0.39 is 11.9 Å². The van der Waals surface area contributed by atoms with Crippen molar-refractivity contribution in [1.82, 2.24) is 0 Å². The van der Waals surface area contributed by atoms with E-state index in [1.807, 2.05) is 0 Å². The molecule has 0 fully saturated rings. The Hall–Kier alpha value is -3.02. The van der Waals surface area contributed by atoms with Crippen LogP contribution in [0.4, 0.5) is 0 Å². The molecule has 4 N–H and O–H groups in total. The molecule has 0 atom stereocenters. The molecule has 0 saturated heterocycles. The molecule has 0 saturated carbocycles. The molecule has 6 nitrogen and oxygen atoms in total. The number of aromatic carboxylic acids is 2. The van der Waals surface area contributed by atoms with Crippen molar-refractivity contribution in [3.63, 3.8) is 0 Å². The van der Waals surface area contributed by atoms with Gasteiger partial charge in [0.15, 0.2) is 0 Å². The van der Waals surface area contributed by atoms with Crippen molar-refractivity contribution >= 4 is 11.9 Å². The number of hydrogen-bond donors (Lipinski definition) is 4. The van der Waals surface area contributed by atoms with Gasteiger partial charge in [0.1, 0.15) is 11.5 Å². The van der Waals surface area contributed by atoms with Crippen molar-refractivity contribution in [3.8, 4) is 11.5 Å². The minimum atomic E-state index is -0.979. The van der Waals surface area contributed by atoms with Gasteiger partial charge in [-0.25, -0.2) is 9.59 Å². The van der Waals surface area contributed by atoms with E-state index in [4.69, 9.17) is 15.3 Å². The highest BCUT2D eigenvalue weighted by atomic mass is 16.4. The summed E-state index contributed by atoms with van der Waals surface area (Å²) in [6, 6.07) is 7.07. The minimum absolute atomic E-state index is 0.120. The first-order valence-electron chi connectivity index (χ1n) is 6.70. The van der Waals surface area contributed by atoms with Gasteiger partial charge in [0.05, 0.1) is 11.1 Å². The molecule has 0 amide bonds. The molecule has 0 aliphatic heterocycles. The highest BCUT2D eigenvalue weighted by Crippen LogP contribution is 2.22. The third-order valence-electron chi connectivity index (χ3n) is 3.18. The molecular formula is C17H18O6. The number of phenols is 2. The lowest BCUT2D eigenvalue weighted by Gasteiger charge is -2.03. The fraction of sp³-hybridized carbons (Fsp3) is 0.176. The third-order valence-corrected chi connectivity index (χ3v) is 3.18. The number of aryl methyl sites for hydroxylation is 3. The van der Waals surface area contributed by atoms with E-state index >= 15 is 0 Å². The molecule has 2 aromatic rings. The number of hydrogen-bond acceptors (Lipinski definition) is 4. The quantitative estimate of drug-likeness (QED) is 0.676. The smallest absolute Gasteiger partial charge is 0.335 e. The number of carbonyl (C=O) groups is 2. The molecule has 23 heavy (non-hydrogen) atoms. The Labute approximate surface area is 133 Å². The topological polar surface area (TPSA) is 115 Å². The summed E-state index contributed by atoms with van der Waals surface area (Å²) in [5.74, 6) is -1.66. The second kappa shape index (κ2) is 7.31. The summed E-state index contributed by atoms with van der Waals surface area (Å²) in [5.41, 5.74) is 2.16. The van der Waals surface area contributed by atoms with Crippen LogP contribution in [0.3, 0.4) is 0 Å². The van der Waals surface area contributed by atoms with E-state index in [1.54, 1.807) is 20.8 Å². The van der Waals surface area contributed by atoms with Crippen LogP contribution < -0.4 is 0 Å². The average Bonchev–Trinajstić information content (AvgIpc) is 2.47. The maximum Gasteiger partial charge on any atom is 0.335 e. The van der Waals surface area contributed by atoms with Crippen molar-refractivity contribution in [2.45, 2.75) is 20.8 Å². The van der Waals surface area contributed by atoms with Crippen LogP contribution >= 0.6 is 0 Å². The second-order valence-electron chi connectivity index (χ2n) is 5.07. The molecule has 0 heterocycles. The van der Waals surface area contributed by atoms with Gasteiger partial charge in [-0.2, -0.15) is 0 Å². The van der Waals surface area contributed by atoms with Crippen molar-refractivity contribution in [2.75, 3.05) is 0 Å². The van der Waals surface area contributed by atoms with Crippen LogP contribution in [0, 0.1) is 20.8 Å². The van der Waals surface area contributed by atoms with Gasteiger partial charge < -0.3 is 20.4 Å². The zero-order valence-electron chi connectivity index (χ0n) is 13.0. The van der Waals surface area contributed by atoms with Crippen LogP contribution in [-0.4, -0.2) is 32.4 Å². The van der Waals surface area contributed by atoms with Gasteiger partial charge in [-0.15, -0.1) is 0 Å². The molecule has 0 spiro atoms. The summed E-state index contributed by atoms with van der Waals surface area (Å²) in [5, 5.41) is 35.5. The van der Waals surface area contributed by atoms with Gasteiger partial charge in [-0.05, 0) is 67.8 Å². The van der Waals surface area contributed by atoms with E-state index in [0.717, 1.165) is 0 Å². The predicted octanol–water partition coefficient (Wildman–Crippen LogP) is 3.11. The van der Waals surface area contributed by atoms with Gasteiger partial charge in [-0.1, -0.05) is 0 Å². The first kappa shape index (κ1) is 18.0. The molecule has 2 rings (SSSR count). The summed E-state index contributed by atoms with van der Waals surface area (Å²) < 4.78 is 0. The lowest BCUT2D eigenvalue weighted by Crippen LogP contribution is -1.97. The fourth-order valence-electron chi connectivity index (χ4n) is 1.87. The van der Waals surface area contributed by atoms with Gasteiger partial charge in [0.25, 0.3) is 0 Å². The number of carboxylic acid groups (broad SMARTS) is 2. The highest BCUT2D eigenvalue weighted by Gasteiger charge is 2.07. The van der Waals surface area contributed by atoms with Crippen molar-refractivity contribution in [1.29, 1.82) is 0 Å². The second-order valence-corrected chi connectivity index (χ2v) is 5.07. The first-order valence-corrected chi connectivity index (χ1v) is 6.70. The molecule has 6 heteroatoms. The van der Waals surface area contributed by atoms with Crippen LogP contribution in [0.1, 0.15) is 37.4 Å². The number of aromatic hydroxyl groups is 2. The van der Waals surface area contributed by atoms with Crippen LogP contribution in [0.25, 0.3) is 0 Å². The van der Waals surface area contributed by atoms with Gasteiger partial charge in [-0.3, -0.25) is 0 Å². The molecule has 2 aromatic carbocycles. The highest BCUT2D eigenvalue weighted by molar-refractivity contribution is 5.88. The number of benzene rings is 2. The zero-order chi connectivity index (χ0) is 17.7. The number of phenolic OH excluding ortho intramolecular Hbond substituents is 2. The molecule has 0 unspecified atom stereocenters. The molecular weight excluding hydrogens is 300 g/mol. The van der Waals surface area contributed by atoms with Crippen LogP contribution in [0.5, 0.6) is 11.5 Å². The van der Waals surface area contributed by atoms with Crippen molar-refractivity contribution in [2.24, 2.45) is 0 Å². The summed E-state index contributed by atoms with van der Waals surface area (Å²) in [6.45, 7) is 5.01. The van der Waals surface area contributed by atoms with E-state index in [9.17, 15) is 14.7 Å². The maximum absolute atomic E-state index is 10.5. The molecule has 0 radical (unpaired) electrons. The zero-order valence-corrected chi connectivity index (χ0v) is 13.0. The Balaban J connectivity index is 0.000000231. The Kier molecular flexibility index (Phi) is 5.73. The summed E-state index contributed by atoms with van der Waals surface area (Å²) in [7, 11) is 0. The van der Waals surface area contributed by atoms with Gasteiger partial charge >= 0.3 is 11.9 Å². The van der Waals surface area contributed by atoms with Gasteiger partial charge in [0, 0.05) is 0 Å². The normalized spacial score (nSPS) is 9.70.